The number of carbonyl (C=O) groups is 1. The van der Waals surface area contributed by atoms with Crippen molar-refractivity contribution in [3.63, 3.8) is 0 Å². The minimum atomic E-state index is 0.117. The predicted octanol–water partition coefficient (Wildman–Crippen LogP) is 2.46. The molecule has 1 aromatic rings. The molecule has 0 spiro atoms. The Morgan fingerprint density at radius 1 is 1.24 bits per heavy atom. The minimum absolute atomic E-state index is 0.117. The number of amides is 1. The summed E-state index contributed by atoms with van der Waals surface area (Å²) in [7, 11) is 0. The summed E-state index contributed by atoms with van der Waals surface area (Å²) in [5.74, 6) is 0.117. The molecule has 4 nitrogen and oxygen atoms in total. The first kappa shape index (κ1) is 15.8. The number of rotatable bonds is 7. The summed E-state index contributed by atoms with van der Waals surface area (Å²) in [5, 5.41) is 6.57. The Hall–Kier alpha value is -1.55. The summed E-state index contributed by atoms with van der Waals surface area (Å²) in [4.78, 5) is 14.2. The van der Waals surface area contributed by atoms with E-state index in [4.69, 9.17) is 0 Å². The van der Waals surface area contributed by atoms with Gasteiger partial charge in [0.05, 0.1) is 6.54 Å². The second-order valence-corrected chi connectivity index (χ2v) is 5.63. The van der Waals surface area contributed by atoms with Gasteiger partial charge in [-0.05, 0) is 37.4 Å². The summed E-state index contributed by atoms with van der Waals surface area (Å²) in [6.07, 6.45) is 3.17. The second-order valence-electron chi connectivity index (χ2n) is 5.63. The Morgan fingerprint density at radius 3 is 2.76 bits per heavy atom. The van der Waals surface area contributed by atoms with Gasteiger partial charge in [0, 0.05) is 24.8 Å². The van der Waals surface area contributed by atoms with Crippen LogP contribution in [0.2, 0.25) is 0 Å². The van der Waals surface area contributed by atoms with Crippen molar-refractivity contribution in [1.82, 2.24) is 10.6 Å². The highest BCUT2D eigenvalue weighted by Gasteiger charge is 2.25. The predicted molar refractivity (Wildman–Crippen MR) is 87.6 cm³/mol. The third-order valence-electron chi connectivity index (χ3n) is 3.89. The van der Waals surface area contributed by atoms with E-state index >= 15 is 0 Å². The molecule has 4 heteroatoms. The average molecular weight is 289 g/mol. The fourth-order valence-corrected chi connectivity index (χ4v) is 2.82. The van der Waals surface area contributed by atoms with E-state index in [1.165, 1.54) is 11.3 Å². The van der Waals surface area contributed by atoms with Crippen LogP contribution in [0.4, 0.5) is 5.69 Å². The first-order valence-corrected chi connectivity index (χ1v) is 8.10. The van der Waals surface area contributed by atoms with Gasteiger partial charge in [0.1, 0.15) is 0 Å². The van der Waals surface area contributed by atoms with Crippen LogP contribution >= 0.6 is 0 Å². The number of fused-ring (bicyclic) bond motifs is 1. The standard InChI is InChI=1S/C17H27N3O/c1-3-10-18-15-9-12-20(13-17(21)19-11-4-2)16-8-6-5-7-14(15)16/h5-8,15,18H,3-4,9-13H2,1-2H3,(H,19,21). The molecule has 0 radical (unpaired) electrons. The topological polar surface area (TPSA) is 44.4 Å². The van der Waals surface area contributed by atoms with Crippen molar-refractivity contribution in [2.24, 2.45) is 0 Å². The summed E-state index contributed by atoms with van der Waals surface area (Å²) < 4.78 is 0. The summed E-state index contributed by atoms with van der Waals surface area (Å²) >= 11 is 0. The van der Waals surface area contributed by atoms with Crippen molar-refractivity contribution in [3.05, 3.63) is 29.8 Å². The first-order chi connectivity index (χ1) is 10.3. The highest BCUT2D eigenvalue weighted by Crippen LogP contribution is 2.33. The van der Waals surface area contributed by atoms with Crippen LogP contribution < -0.4 is 15.5 Å². The van der Waals surface area contributed by atoms with E-state index in [0.717, 1.165) is 38.9 Å². The normalized spacial score (nSPS) is 17.4. The second kappa shape index (κ2) is 8.03. The fraction of sp³-hybridized carbons (Fsp3) is 0.588. The third-order valence-corrected chi connectivity index (χ3v) is 3.89. The molecule has 116 valence electrons. The Bertz CT molecular complexity index is 461. The maximum absolute atomic E-state index is 12.0. The van der Waals surface area contributed by atoms with Crippen molar-refractivity contribution >= 4 is 11.6 Å². The van der Waals surface area contributed by atoms with Gasteiger partial charge in [-0.15, -0.1) is 0 Å². The van der Waals surface area contributed by atoms with Crippen LogP contribution in [0.3, 0.4) is 0 Å². The smallest absolute Gasteiger partial charge is 0.239 e. The van der Waals surface area contributed by atoms with Crippen LogP contribution in [0.1, 0.15) is 44.7 Å². The number of nitrogens with one attached hydrogen (secondary N) is 2. The molecule has 1 aliphatic heterocycles. The SMILES string of the molecule is CCCNC(=O)CN1CCC(NCCC)c2ccccc21. The number of benzene rings is 1. The van der Waals surface area contributed by atoms with Crippen LogP contribution in [0.25, 0.3) is 0 Å². The highest BCUT2D eigenvalue weighted by atomic mass is 16.2. The zero-order valence-electron chi connectivity index (χ0n) is 13.2. The number of para-hydroxylation sites is 1. The van der Waals surface area contributed by atoms with E-state index in [1.54, 1.807) is 0 Å². The van der Waals surface area contributed by atoms with Gasteiger partial charge in [-0.2, -0.15) is 0 Å². The molecular weight excluding hydrogens is 262 g/mol. The van der Waals surface area contributed by atoms with Gasteiger partial charge >= 0.3 is 0 Å². The Balaban J connectivity index is 2.06. The molecule has 1 unspecified atom stereocenters. The zero-order valence-corrected chi connectivity index (χ0v) is 13.2. The number of carbonyl (C=O) groups excluding carboxylic acids is 1. The van der Waals surface area contributed by atoms with Crippen LogP contribution in [-0.2, 0) is 4.79 Å². The van der Waals surface area contributed by atoms with Crippen LogP contribution in [0.15, 0.2) is 24.3 Å². The van der Waals surface area contributed by atoms with E-state index in [9.17, 15) is 4.79 Å². The van der Waals surface area contributed by atoms with Crippen molar-refractivity contribution in [3.8, 4) is 0 Å². The Morgan fingerprint density at radius 2 is 2.00 bits per heavy atom. The molecule has 2 rings (SSSR count). The molecule has 0 saturated carbocycles. The summed E-state index contributed by atoms with van der Waals surface area (Å²) in [6.45, 7) is 7.44. The molecule has 2 N–H and O–H groups in total. The highest BCUT2D eigenvalue weighted by molar-refractivity contribution is 5.82. The fourth-order valence-electron chi connectivity index (χ4n) is 2.82. The summed E-state index contributed by atoms with van der Waals surface area (Å²) in [6, 6.07) is 8.86. The summed E-state index contributed by atoms with van der Waals surface area (Å²) in [5.41, 5.74) is 2.52. The third kappa shape index (κ3) is 4.21. The molecule has 0 saturated heterocycles. The van der Waals surface area contributed by atoms with Crippen LogP contribution in [-0.4, -0.2) is 32.1 Å². The minimum Gasteiger partial charge on any atom is -0.362 e. The molecule has 1 amide bonds. The van der Waals surface area contributed by atoms with Gasteiger partial charge < -0.3 is 15.5 Å². The van der Waals surface area contributed by atoms with E-state index < -0.39 is 0 Å². The molecule has 1 aliphatic rings. The lowest BCUT2D eigenvalue weighted by Crippen LogP contribution is -2.42. The van der Waals surface area contributed by atoms with Crippen molar-refractivity contribution in [1.29, 1.82) is 0 Å². The van der Waals surface area contributed by atoms with Gasteiger partial charge in [-0.25, -0.2) is 0 Å². The number of anilines is 1. The van der Waals surface area contributed by atoms with E-state index in [0.29, 0.717) is 12.6 Å². The lowest BCUT2D eigenvalue weighted by Gasteiger charge is -2.35. The maximum Gasteiger partial charge on any atom is 0.239 e. The molecule has 1 aromatic carbocycles. The lowest BCUT2D eigenvalue weighted by molar-refractivity contribution is -0.119. The number of hydrogen-bond donors (Lipinski definition) is 2. The molecule has 0 aromatic heterocycles. The molecule has 1 atom stereocenters. The quantitative estimate of drug-likeness (QED) is 0.810. The monoisotopic (exact) mass is 289 g/mol. The lowest BCUT2D eigenvalue weighted by atomic mass is 9.96. The van der Waals surface area contributed by atoms with Gasteiger partial charge in [-0.1, -0.05) is 32.0 Å². The van der Waals surface area contributed by atoms with E-state index in [-0.39, 0.29) is 5.91 Å². The average Bonchev–Trinajstić information content (AvgIpc) is 2.52. The van der Waals surface area contributed by atoms with Crippen LogP contribution in [0, 0.1) is 0 Å². The molecular formula is C17H27N3O. The Kier molecular flexibility index (Phi) is 6.05. The van der Waals surface area contributed by atoms with Crippen molar-refractivity contribution in [2.45, 2.75) is 39.2 Å². The first-order valence-electron chi connectivity index (χ1n) is 8.10. The number of hydrogen-bond acceptors (Lipinski definition) is 3. The molecule has 0 aliphatic carbocycles. The van der Waals surface area contributed by atoms with E-state index in [1.807, 2.05) is 0 Å². The van der Waals surface area contributed by atoms with Gasteiger partial charge in [0.2, 0.25) is 5.91 Å². The molecule has 0 fully saturated rings. The zero-order chi connectivity index (χ0) is 15.1. The maximum atomic E-state index is 12.0. The number of nitrogens with zero attached hydrogens (tertiary/aromatic N) is 1. The van der Waals surface area contributed by atoms with Gasteiger partial charge in [0.25, 0.3) is 0 Å². The van der Waals surface area contributed by atoms with E-state index in [2.05, 4.69) is 53.6 Å². The van der Waals surface area contributed by atoms with Crippen LogP contribution in [0.5, 0.6) is 0 Å². The molecule has 21 heavy (non-hydrogen) atoms. The van der Waals surface area contributed by atoms with Gasteiger partial charge in [-0.3, -0.25) is 4.79 Å². The largest absolute Gasteiger partial charge is 0.362 e. The molecule has 0 bridgehead atoms. The molecule has 1 heterocycles. The van der Waals surface area contributed by atoms with Crippen molar-refractivity contribution < 1.29 is 4.79 Å². The van der Waals surface area contributed by atoms with Crippen molar-refractivity contribution in [2.75, 3.05) is 31.1 Å². The van der Waals surface area contributed by atoms with Gasteiger partial charge in [0.15, 0.2) is 0 Å². The Labute approximate surface area is 127 Å².